The molecule has 1 aromatic heterocycles. The number of halogens is 1. The molecule has 9 heteroatoms. The summed E-state index contributed by atoms with van der Waals surface area (Å²) < 4.78 is 5.16. The van der Waals surface area contributed by atoms with Gasteiger partial charge in [0.1, 0.15) is 0 Å². The van der Waals surface area contributed by atoms with Gasteiger partial charge in [-0.25, -0.2) is 0 Å². The van der Waals surface area contributed by atoms with Crippen LogP contribution in [0.3, 0.4) is 0 Å². The molecule has 8 nitrogen and oxygen atoms in total. The molecule has 0 aliphatic rings. The lowest BCUT2D eigenvalue weighted by Crippen LogP contribution is -2.13. The van der Waals surface area contributed by atoms with Crippen molar-refractivity contribution in [1.29, 1.82) is 0 Å². The molecule has 0 atom stereocenters. The molecular formula is C18H15ClN4O4. The van der Waals surface area contributed by atoms with E-state index >= 15 is 0 Å². The molecule has 0 aliphatic carbocycles. The van der Waals surface area contributed by atoms with Crippen molar-refractivity contribution in [2.24, 2.45) is 0 Å². The Morgan fingerprint density at radius 2 is 2.00 bits per heavy atom. The number of amides is 1. The third-order valence-electron chi connectivity index (χ3n) is 3.91. The average molecular weight is 387 g/mol. The number of hydrogen-bond acceptors (Lipinski definition) is 6. The molecule has 1 heterocycles. The summed E-state index contributed by atoms with van der Waals surface area (Å²) in [5.41, 5.74) is 1.52. The van der Waals surface area contributed by atoms with Gasteiger partial charge in [0.05, 0.1) is 16.2 Å². The summed E-state index contributed by atoms with van der Waals surface area (Å²) >= 11 is 5.85. The van der Waals surface area contributed by atoms with Gasteiger partial charge in [0.25, 0.3) is 5.69 Å². The molecule has 0 saturated heterocycles. The molecule has 3 rings (SSSR count). The highest BCUT2D eigenvalue weighted by atomic mass is 35.5. The molecular weight excluding hydrogens is 372 g/mol. The minimum absolute atomic E-state index is 0.0442. The lowest BCUT2D eigenvalue weighted by Gasteiger charge is -2.07. The molecule has 0 aliphatic heterocycles. The van der Waals surface area contributed by atoms with Crippen LogP contribution in [0.4, 0.5) is 11.4 Å². The fraction of sp³-hybridized carbons (Fsp3) is 0.167. The van der Waals surface area contributed by atoms with Gasteiger partial charge in [-0.3, -0.25) is 14.9 Å². The topological polar surface area (TPSA) is 111 Å². The van der Waals surface area contributed by atoms with Crippen LogP contribution in [0.5, 0.6) is 0 Å². The van der Waals surface area contributed by atoms with Gasteiger partial charge in [0.15, 0.2) is 0 Å². The molecule has 0 radical (unpaired) electrons. The first-order valence-electron chi connectivity index (χ1n) is 8.06. The van der Waals surface area contributed by atoms with Crippen LogP contribution in [0.25, 0.3) is 11.4 Å². The largest absolute Gasteiger partial charge is 0.339 e. The van der Waals surface area contributed by atoms with E-state index in [2.05, 4.69) is 15.5 Å². The SMILES string of the molecule is Cc1c(NC(=O)CCc2nc(-c3ccc(Cl)cc3)no2)cccc1[N+](=O)[O-]. The van der Waals surface area contributed by atoms with Crippen molar-refractivity contribution in [2.45, 2.75) is 19.8 Å². The van der Waals surface area contributed by atoms with Gasteiger partial charge in [0.2, 0.25) is 17.6 Å². The maximum absolute atomic E-state index is 12.1. The quantitative estimate of drug-likeness (QED) is 0.502. The minimum atomic E-state index is -0.484. The van der Waals surface area contributed by atoms with Crippen molar-refractivity contribution in [3.05, 3.63) is 69.1 Å². The molecule has 27 heavy (non-hydrogen) atoms. The lowest BCUT2D eigenvalue weighted by molar-refractivity contribution is -0.385. The first kappa shape index (κ1) is 18.5. The molecule has 0 saturated carbocycles. The van der Waals surface area contributed by atoms with E-state index in [9.17, 15) is 14.9 Å². The zero-order chi connectivity index (χ0) is 19.4. The number of benzene rings is 2. The number of nitrogens with one attached hydrogen (secondary N) is 1. The molecule has 138 valence electrons. The van der Waals surface area contributed by atoms with Gasteiger partial charge in [-0.15, -0.1) is 0 Å². The van der Waals surface area contributed by atoms with Crippen molar-refractivity contribution >= 4 is 28.9 Å². The van der Waals surface area contributed by atoms with E-state index in [1.54, 1.807) is 37.3 Å². The minimum Gasteiger partial charge on any atom is -0.339 e. The van der Waals surface area contributed by atoms with Crippen LogP contribution < -0.4 is 5.32 Å². The number of hydrogen-bond donors (Lipinski definition) is 1. The number of nitro benzene ring substituents is 1. The monoisotopic (exact) mass is 386 g/mol. The van der Waals surface area contributed by atoms with Crippen LogP contribution in [0.1, 0.15) is 17.9 Å². The summed E-state index contributed by atoms with van der Waals surface area (Å²) in [6.45, 7) is 1.59. The smallest absolute Gasteiger partial charge is 0.274 e. The summed E-state index contributed by atoms with van der Waals surface area (Å²) in [7, 11) is 0. The highest BCUT2D eigenvalue weighted by Crippen LogP contribution is 2.25. The van der Waals surface area contributed by atoms with E-state index in [1.807, 2.05) is 0 Å². The first-order valence-corrected chi connectivity index (χ1v) is 8.44. The third-order valence-corrected chi connectivity index (χ3v) is 4.16. The van der Waals surface area contributed by atoms with E-state index in [0.29, 0.717) is 28.0 Å². The van der Waals surface area contributed by atoms with Crippen LogP contribution in [-0.4, -0.2) is 21.0 Å². The van der Waals surface area contributed by atoms with Gasteiger partial charge >= 0.3 is 0 Å². The van der Waals surface area contributed by atoms with Crippen molar-refractivity contribution in [3.63, 3.8) is 0 Å². The maximum atomic E-state index is 12.1. The predicted octanol–water partition coefficient (Wildman–Crippen LogP) is 4.18. The Bertz CT molecular complexity index is 985. The summed E-state index contributed by atoms with van der Waals surface area (Å²) in [6.07, 6.45) is 0.352. The number of nitro groups is 1. The number of rotatable bonds is 6. The van der Waals surface area contributed by atoms with E-state index < -0.39 is 4.92 Å². The molecule has 0 bridgehead atoms. The Morgan fingerprint density at radius 1 is 1.26 bits per heavy atom. The summed E-state index contributed by atoms with van der Waals surface area (Å²) in [5, 5.41) is 18.1. The van der Waals surface area contributed by atoms with Crippen LogP contribution in [0.15, 0.2) is 47.0 Å². The lowest BCUT2D eigenvalue weighted by atomic mass is 10.1. The second kappa shape index (κ2) is 7.96. The van der Waals surface area contributed by atoms with Gasteiger partial charge in [0, 0.05) is 29.5 Å². The van der Waals surface area contributed by atoms with E-state index in [1.165, 1.54) is 12.1 Å². The van der Waals surface area contributed by atoms with Crippen molar-refractivity contribution in [3.8, 4) is 11.4 Å². The molecule has 1 N–H and O–H groups in total. The number of carbonyl (C=O) groups excluding carboxylic acids is 1. The Balaban J connectivity index is 1.61. The summed E-state index contributed by atoms with van der Waals surface area (Å²) in [4.78, 5) is 26.9. The fourth-order valence-electron chi connectivity index (χ4n) is 2.46. The van der Waals surface area contributed by atoms with Gasteiger partial charge < -0.3 is 9.84 Å². The van der Waals surface area contributed by atoms with Crippen LogP contribution >= 0.6 is 11.6 Å². The Morgan fingerprint density at radius 3 is 2.70 bits per heavy atom. The Kier molecular flexibility index (Phi) is 5.46. The molecule has 0 unspecified atom stereocenters. The maximum Gasteiger partial charge on any atom is 0.274 e. The van der Waals surface area contributed by atoms with Crippen LogP contribution in [-0.2, 0) is 11.2 Å². The molecule has 0 spiro atoms. The van der Waals surface area contributed by atoms with E-state index in [0.717, 1.165) is 5.56 Å². The fourth-order valence-corrected chi connectivity index (χ4v) is 2.59. The predicted molar refractivity (Wildman–Crippen MR) is 99.5 cm³/mol. The number of carbonyl (C=O) groups is 1. The molecule has 2 aromatic carbocycles. The zero-order valence-electron chi connectivity index (χ0n) is 14.3. The second-order valence-electron chi connectivity index (χ2n) is 5.77. The Hall–Kier alpha value is -3.26. The van der Waals surface area contributed by atoms with Gasteiger partial charge in [-0.2, -0.15) is 4.98 Å². The van der Waals surface area contributed by atoms with Gasteiger partial charge in [-0.05, 0) is 37.3 Å². The number of aromatic nitrogens is 2. The van der Waals surface area contributed by atoms with E-state index in [-0.39, 0.29) is 24.4 Å². The van der Waals surface area contributed by atoms with Crippen molar-refractivity contribution < 1.29 is 14.2 Å². The van der Waals surface area contributed by atoms with Crippen LogP contribution in [0, 0.1) is 17.0 Å². The van der Waals surface area contributed by atoms with Crippen molar-refractivity contribution in [2.75, 3.05) is 5.32 Å². The highest BCUT2D eigenvalue weighted by Gasteiger charge is 2.16. The number of anilines is 1. The van der Waals surface area contributed by atoms with Crippen LogP contribution in [0.2, 0.25) is 5.02 Å². The standard InChI is InChI=1S/C18H15ClN4O4/c1-11-14(3-2-4-15(11)23(25)26)20-16(24)9-10-17-21-18(22-27-17)12-5-7-13(19)8-6-12/h2-8H,9-10H2,1H3,(H,20,24). The Labute approximate surface area is 159 Å². The number of nitrogens with zero attached hydrogens (tertiary/aromatic N) is 3. The van der Waals surface area contributed by atoms with Gasteiger partial charge in [-0.1, -0.05) is 22.8 Å². The summed E-state index contributed by atoms with van der Waals surface area (Å²) in [5.74, 6) is 0.437. The zero-order valence-corrected chi connectivity index (χ0v) is 15.1. The van der Waals surface area contributed by atoms with E-state index in [4.69, 9.17) is 16.1 Å². The summed E-state index contributed by atoms with van der Waals surface area (Å²) in [6, 6.07) is 11.5. The normalized spacial score (nSPS) is 10.6. The molecule has 1 amide bonds. The van der Waals surface area contributed by atoms with Crippen molar-refractivity contribution in [1.82, 2.24) is 10.1 Å². The molecule has 0 fully saturated rings. The number of aryl methyl sites for hydroxylation is 1. The average Bonchev–Trinajstić information content (AvgIpc) is 3.11. The molecule has 3 aromatic rings. The third kappa shape index (κ3) is 4.48. The highest BCUT2D eigenvalue weighted by molar-refractivity contribution is 6.30. The first-order chi connectivity index (χ1) is 12.9. The second-order valence-corrected chi connectivity index (χ2v) is 6.21.